The maximum Gasteiger partial charge on any atom is 0.225 e. The lowest BCUT2D eigenvalue weighted by atomic mass is 9.96. The van der Waals surface area contributed by atoms with Crippen molar-refractivity contribution in [2.75, 3.05) is 44.2 Å². The van der Waals surface area contributed by atoms with Gasteiger partial charge in [0.1, 0.15) is 0 Å². The fourth-order valence-electron chi connectivity index (χ4n) is 3.44. The maximum absolute atomic E-state index is 6.01. The standard InChI is InChI=1S/C17H29N7/c18-16(22-15-5-2-1-3-6-15)19-9-10-23-11-13-24(14-12-23)17-20-7-4-8-21-17/h4,7-8,15H,1-3,5-6,9-14H2,(H3,18,19,22). The highest BCUT2D eigenvalue weighted by Crippen LogP contribution is 2.17. The first-order valence-corrected chi connectivity index (χ1v) is 9.12. The molecule has 3 rings (SSSR count). The molecule has 7 nitrogen and oxygen atoms in total. The molecule has 0 spiro atoms. The number of anilines is 1. The van der Waals surface area contributed by atoms with Gasteiger partial charge >= 0.3 is 0 Å². The van der Waals surface area contributed by atoms with E-state index in [0.717, 1.165) is 45.2 Å². The number of nitrogens with one attached hydrogen (secondary N) is 1. The number of hydrogen-bond donors (Lipinski definition) is 2. The lowest BCUT2D eigenvalue weighted by Crippen LogP contribution is -2.48. The van der Waals surface area contributed by atoms with Gasteiger partial charge in [-0.25, -0.2) is 9.97 Å². The molecule has 3 N–H and O–H groups in total. The van der Waals surface area contributed by atoms with Crippen LogP contribution in [0.3, 0.4) is 0 Å². The van der Waals surface area contributed by atoms with Crippen LogP contribution in [-0.4, -0.2) is 66.1 Å². The molecule has 0 bridgehead atoms. The van der Waals surface area contributed by atoms with E-state index in [0.29, 0.717) is 12.0 Å². The Kier molecular flexibility index (Phi) is 6.23. The Bertz CT molecular complexity index is 505. The molecular weight excluding hydrogens is 302 g/mol. The molecule has 0 aromatic carbocycles. The summed E-state index contributed by atoms with van der Waals surface area (Å²) in [4.78, 5) is 17.8. The molecule has 0 amide bonds. The van der Waals surface area contributed by atoms with E-state index in [9.17, 15) is 0 Å². The Hall–Kier alpha value is -1.89. The van der Waals surface area contributed by atoms with E-state index in [-0.39, 0.29) is 0 Å². The Morgan fingerprint density at radius 3 is 2.54 bits per heavy atom. The first-order chi connectivity index (χ1) is 11.8. The molecule has 1 saturated heterocycles. The van der Waals surface area contributed by atoms with Crippen LogP contribution in [0.4, 0.5) is 5.95 Å². The van der Waals surface area contributed by atoms with Crippen molar-refractivity contribution >= 4 is 11.9 Å². The van der Waals surface area contributed by atoms with Crippen LogP contribution < -0.4 is 16.0 Å². The zero-order valence-electron chi connectivity index (χ0n) is 14.4. The number of rotatable bonds is 5. The molecule has 132 valence electrons. The predicted octanol–water partition coefficient (Wildman–Crippen LogP) is 0.836. The third kappa shape index (κ3) is 5.06. The van der Waals surface area contributed by atoms with Gasteiger partial charge in [-0.2, -0.15) is 0 Å². The second kappa shape index (κ2) is 8.82. The molecule has 0 radical (unpaired) electrons. The third-order valence-corrected chi connectivity index (χ3v) is 4.86. The van der Waals surface area contributed by atoms with Gasteiger partial charge < -0.3 is 16.0 Å². The average molecular weight is 331 g/mol. The zero-order valence-corrected chi connectivity index (χ0v) is 14.4. The maximum atomic E-state index is 6.01. The second-order valence-corrected chi connectivity index (χ2v) is 6.62. The number of aromatic nitrogens is 2. The molecule has 1 saturated carbocycles. The van der Waals surface area contributed by atoms with Crippen LogP contribution in [0.2, 0.25) is 0 Å². The predicted molar refractivity (Wildman–Crippen MR) is 97.2 cm³/mol. The summed E-state index contributed by atoms with van der Waals surface area (Å²) < 4.78 is 0. The quantitative estimate of drug-likeness (QED) is 0.614. The molecular formula is C17H29N7. The second-order valence-electron chi connectivity index (χ2n) is 6.62. The monoisotopic (exact) mass is 331 g/mol. The number of piperazine rings is 1. The topological polar surface area (TPSA) is 82.7 Å². The van der Waals surface area contributed by atoms with Gasteiger partial charge in [0.15, 0.2) is 5.96 Å². The Labute approximate surface area is 144 Å². The van der Waals surface area contributed by atoms with Crippen LogP contribution in [0.5, 0.6) is 0 Å². The number of nitrogens with zero attached hydrogens (tertiary/aromatic N) is 5. The highest BCUT2D eigenvalue weighted by atomic mass is 15.3. The zero-order chi connectivity index (χ0) is 16.6. The normalized spacial score (nSPS) is 21.0. The van der Waals surface area contributed by atoms with Crippen molar-refractivity contribution in [1.82, 2.24) is 20.2 Å². The fourth-order valence-corrected chi connectivity index (χ4v) is 3.44. The Balaban J connectivity index is 1.35. The van der Waals surface area contributed by atoms with E-state index < -0.39 is 0 Å². The van der Waals surface area contributed by atoms with Crippen molar-refractivity contribution in [2.24, 2.45) is 10.7 Å². The van der Waals surface area contributed by atoms with Crippen LogP contribution in [0.25, 0.3) is 0 Å². The van der Waals surface area contributed by atoms with Gasteiger partial charge in [0.05, 0.1) is 6.54 Å². The van der Waals surface area contributed by atoms with Crippen LogP contribution in [0, 0.1) is 0 Å². The average Bonchev–Trinajstić information content (AvgIpc) is 2.64. The number of hydrogen-bond acceptors (Lipinski definition) is 5. The summed E-state index contributed by atoms with van der Waals surface area (Å²) in [5.74, 6) is 1.44. The van der Waals surface area contributed by atoms with E-state index in [2.05, 4.69) is 30.1 Å². The summed E-state index contributed by atoms with van der Waals surface area (Å²) in [5.41, 5.74) is 6.01. The summed E-state index contributed by atoms with van der Waals surface area (Å²) in [6.45, 7) is 5.67. The molecule has 1 aromatic rings. The summed E-state index contributed by atoms with van der Waals surface area (Å²) in [6.07, 6.45) is 10.0. The van der Waals surface area contributed by atoms with Crippen LogP contribution >= 0.6 is 0 Å². The van der Waals surface area contributed by atoms with Crippen LogP contribution in [0.1, 0.15) is 32.1 Å². The minimum atomic E-state index is 0.525. The summed E-state index contributed by atoms with van der Waals surface area (Å²) in [6, 6.07) is 2.38. The Morgan fingerprint density at radius 1 is 1.12 bits per heavy atom. The highest BCUT2D eigenvalue weighted by Gasteiger charge is 2.18. The van der Waals surface area contributed by atoms with Crippen molar-refractivity contribution < 1.29 is 0 Å². The molecule has 2 fully saturated rings. The van der Waals surface area contributed by atoms with Gasteiger partial charge in [0.25, 0.3) is 0 Å². The molecule has 1 aliphatic carbocycles. The number of guanidine groups is 1. The summed E-state index contributed by atoms with van der Waals surface area (Å²) >= 11 is 0. The lowest BCUT2D eigenvalue weighted by molar-refractivity contribution is 0.263. The molecule has 2 aliphatic rings. The Morgan fingerprint density at radius 2 is 1.83 bits per heavy atom. The van der Waals surface area contributed by atoms with E-state index in [1.165, 1.54) is 32.1 Å². The smallest absolute Gasteiger partial charge is 0.225 e. The fraction of sp³-hybridized carbons (Fsp3) is 0.706. The van der Waals surface area contributed by atoms with E-state index in [1.54, 1.807) is 12.4 Å². The van der Waals surface area contributed by atoms with Gasteiger partial charge in [-0.3, -0.25) is 9.89 Å². The molecule has 1 aliphatic heterocycles. The molecule has 2 heterocycles. The largest absolute Gasteiger partial charge is 0.370 e. The van der Waals surface area contributed by atoms with Gasteiger partial charge in [0, 0.05) is 51.2 Å². The van der Waals surface area contributed by atoms with Crippen LogP contribution in [-0.2, 0) is 0 Å². The SMILES string of the molecule is NC(=NCCN1CCN(c2ncccn2)CC1)NC1CCCCC1. The van der Waals surface area contributed by atoms with E-state index in [4.69, 9.17) is 5.73 Å². The molecule has 7 heteroatoms. The third-order valence-electron chi connectivity index (χ3n) is 4.86. The van der Waals surface area contributed by atoms with Crippen LogP contribution in [0.15, 0.2) is 23.5 Å². The van der Waals surface area contributed by atoms with Crippen molar-refractivity contribution in [1.29, 1.82) is 0 Å². The number of aliphatic imine (C=N–C) groups is 1. The van der Waals surface area contributed by atoms with Gasteiger partial charge in [-0.15, -0.1) is 0 Å². The van der Waals surface area contributed by atoms with Crippen molar-refractivity contribution in [3.8, 4) is 0 Å². The van der Waals surface area contributed by atoms with Crippen molar-refractivity contribution in [3.63, 3.8) is 0 Å². The molecule has 0 unspecified atom stereocenters. The molecule has 0 atom stereocenters. The first-order valence-electron chi connectivity index (χ1n) is 9.12. The summed E-state index contributed by atoms with van der Waals surface area (Å²) in [5, 5.41) is 3.37. The minimum Gasteiger partial charge on any atom is -0.370 e. The molecule has 1 aromatic heterocycles. The minimum absolute atomic E-state index is 0.525. The van der Waals surface area contributed by atoms with Crippen molar-refractivity contribution in [2.45, 2.75) is 38.1 Å². The highest BCUT2D eigenvalue weighted by molar-refractivity contribution is 5.78. The van der Waals surface area contributed by atoms with Crippen molar-refractivity contribution in [3.05, 3.63) is 18.5 Å². The summed E-state index contributed by atoms with van der Waals surface area (Å²) in [7, 11) is 0. The van der Waals surface area contributed by atoms with Gasteiger partial charge in [0.2, 0.25) is 5.95 Å². The van der Waals surface area contributed by atoms with Gasteiger partial charge in [-0.1, -0.05) is 19.3 Å². The number of nitrogens with two attached hydrogens (primary N) is 1. The van der Waals surface area contributed by atoms with E-state index >= 15 is 0 Å². The first kappa shape index (κ1) is 17.0. The van der Waals surface area contributed by atoms with Gasteiger partial charge in [-0.05, 0) is 18.9 Å². The lowest BCUT2D eigenvalue weighted by Gasteiger charge is -2.34. The molecule has 24 heavy (non-hydrogen) atoms. The van der Waals surface area contributed by atoms with E-state index in [1.807, 2.05) is 6.07 Å².